The van der Waals surface area contributed by atoms with Gasteiger partial charge in [-0.05, 0) is 23.8 Å². The maximum absolute atomic E-state index is 11.4. The predicted octanol–water partition coefficient (Wildman–Crippen LogP) is 1.75. The van der Waals surface area contributed by atoms with E-state index in [4.69, 9.17) is 16.3 Å². The van der Waals surface area contributed by atoms with Crippen molar-refractivity contribution in [2.24, 2.45) is 0 Å². The van der Waals surface area contributed by atoms with Crippen LogP contribution in [0, 0.1) is 0 Å². The first-order valence-corrected chi connectivity index (χ1v) is 6.77. The highest BCUT2D eigenvalue weighted by Gasteiger charge is 2.16. The van der Waals surface area contributed by atoms with Crippen molar-refractivity contribution in [3.8, 4) is 11.3 Å². The molecule has 2 N–H and O–H groups in total. The Labute approximate surface area is 121 Å². The van der Waals surface area contributed by atoms with Gasteiger partial charge in [0.05, 0.1) is 31.3 Å². The third-order valence-electron chi connectivity index (χ3n) is 3.22. The third kappa shape index (κ3) is 2.90. The molecule has 0 bridgehead atoms. The van der Waals surface area contributed by atoms with Gasteiger partial charge in [0.25, 0.3) is 5.56 Å². The van der Waals surface area contributed by atoms with Gasteiger partial charge in [0, 0.05) is 23.2 Å². The monoisotopic (exact) mass is 291 g/mol. The number of rotatable bonds is 2. The van der Waals surface area contributed by atoms with Gasteiger partial charge >= 0.3 is 0 Å². The summed E-state index contributed by atoms with van der Waals surface area (Å²) in [5.41, 5.74) is 2.28. The van der Waals surface area contributed by atoms with Gasteiger partial charge in [-0.1, -0.05) is 11.6 Å². The number of morpholine rings is 1. The number of ether oxygens (including phenoxy) is 1. The number of hydrogen-bond donors (Lipinski definition) is 2. The number of halogens is 1. The normalized spacial score (nSPS) is 18.9. The average Bonchev–Trinajstić information content (AvgIpc) is 2.47. The number of benzene rings is 1. The predicted molar refractivity (Wildman–Crippen MR) is 76.9 cm³/mol. The number of nitrogens with one attached hydrogen (secondary N) is 2. The van der Waals surface area contributed by atoms with Gasteiger partial charge in [-0.3, -0.25) is 4.79 Å². The van der Waals surface area contributed by atoms with Crippen molar-refractivity contribution in [2.45, 2.75) is 6.04 Å². The number of aromatic amines is 1. The minimum atomic E-state index is -0.185. The Morgan fingerprint density at radius 2 is 2.20 bits per heavy atom. The molecule has 1 aromatic carbocycles. The van der Waals surface area contributed by atoms with Gasteiger partial charge < -0.3 is 15.0 Å². The molecule has 1 fully saturated rings. The molecule has 1 aromatic heterocycles. The lowest BCUT2D eigenvalue weighted by Crippen LogP contribution is -2.34. The van der Waals surface area contributed by atoms with E-state index in [2.05, 4.69) is 15.3 Å². The molecule has 1 aliphatic heterocycles. The Balaban J connectivity index is 1.99. The van der Waals surface area contributed by atoms with E-state index >= 15 is 0 Å². The van der Waals surface area contributed by atoms with Crippen LogP contribution in [0.3, 0.4) is 0 Å². The molecule has 5 nitrogen and oxygen atoms in total. The van der Waals surface area contributed by atoms with E-state index in [0.717, 1.165) is 24.3 Å². The summed E-state index contributed by atoms with van der Waals surface area (Å²) >= 11 is 6.18. The molecule has 2 aromatic rings. The van der Waals surface area contributed by atoms with Crippen molar-refractivity contribution in [1.82, 2.24) is 15.3 Å². The molecule has 1 unspecified atom stereocenters. The zero-order valence-corrected chi connectivity index (χ0v) is 11.5. The second-order valence-corrected chi connectivity index (χ2v) is 5.09. The first-order chi connectivity index (χ1) is 9.72. The largest absolute Gasteiger partial charge is 0.378 e. The summed E-state index contributed by atoms with van der Waals surface area (Å²) in [7, 11) is 0. The fourth-order valence-corrected chi connectivity index (χ4v) is 2.51. The molecule has 1 aliphatic rings. The molecule has 6 heteroatoms. The van der Waals surface area contributed by atoms with E-state index in [1.165, 1.54) is 12.4 Å². The highest BCUT2D eigenvalue weighted by Crippen LogP contribution is 2.26. The summed E-state index contributed by atoms with van der Waals surface area (Å²) in [6.45, 7) is 2.15. The summed E-state index contributed by atoms with van der Waals surface area (Å²) in [6, 6.07) is 7.27. The van der Waals surface area contributed by atoms with Crippen molar-refractivity contribution in [1.29, 1.82) is 0 Å². The highest BCUT2D eigenvalue weighted by atomic mass is 35.5. The molecule has 1 saturated heterocycles. The Hall–Kier alpha value is -1.69. The summed E-state index contributed by atoms with van der Waals surface area (Å²) in [5, 5.41) is 4.00. The molecular weight excluding hydrogens is 278 g/mol. The van der Waals surface area contributed by atoms with Crippen molar-refractivity contribution in [3.63, 3.8) is 0 Å². The quantitative estimate of drug-likeness (QED) is 0.885. The zero-order valence-electron chi connectivity index (χ0n) is 10.7. The third-order valence-corrected chi connectivity index (χ3v) is 3.44. The fraction of sp³-hybridized carbons (Fsp3) is 0.286. The van der Waals surface area contributed by atoms with Crippen LogP contribution in [0.15, 0.2) is 35.4 Å². The zero-order chi connectivity index (χ0) is 13.9. The molecule has 20 heavy (non-hydrogen) atoms. The van der Waals surface area contributed by atoms with Crippen LogP contribution in [0.4, 0.5) is 0 Å². The van der Waals surface area contributed by atoms with Crippen molar-refractivity contribution in [3.05, 3.63) is 51.5 Å². The minimum absolute atomic E-state index is 0.114. The van der Waals surface area contributed by atoms with E-state index < -0.39 is 0 Å². The highest BCUT2D eigenvalue weighted by molar-refractivity contribution is 6.31. The Kier molecular flexibility index (Phi) is 3.82. The minimum Gasteiger partial charge on any atom is -0.378 e. The van der Waals surface area contributed by atoms with Crippen molar-refractivity contribution in [2.75, 3.05) is 19.8 Å². The van der Waals surface area contributed by atoms with Crippen LogP contribution in [0.5, 0.6) is 0 Å². The molecule has 0 spiro atoms. The summed E-state index contributed by atoms with van der Waals surface area (Å²) in [5.74, 6) is 0. The number of nitrogens with zero attached hydrogens (tertiary/aromatic N) is 1. The number of H-pyrrole nitrogens is 1. The first kappa shape index (κ1) is 13.3. The lowest BCUT2D eigenvalue weighted by molar-refractivity contribution is 0.0769. The molecular formula is C14H14ClN3O2. The Bertz CT molecular complexity index is 665. The maximum Gasteiger partial charge on any atom is 0.251 e. The van der Waals surface area contributed by atoms with Crippen LogP contribution in [-0.2, 0) is 4.74 Å². The molecule has 0 saturated carbocycles. The van der Waals surface area contributed by atoms with Gasteiger partial charge in [0.15, 0.2) is 0 Å². The Morgan fingerprint density at radius 1 is 1.30 bits per heavy atom. The molecule has 104 valence electrons. The van der Waals surface area contributed by atoms with Crippen LogP contribution in [0.2, 0.25) is 5.02 Å². The molecule has 2 heterocycles. The van der Waals surface area contributed by atoms with Crippen LogP contribution >= 0.6 is 11.6 Å². The van der Waals surface area contributed by atoms with E-state index in [0.29, 0.717) is 17.3 Å². The van der Waals surface area contributed by atoms with Gasteiger partial charge in [0.1, 0.15) is 0 Å². The van der Waals surface area contributed by atoms with Gasteiger partial charge in [-0.25, -0.2) is 4.98 Å². The van der Waals surface area contributed by atoms with E-state index in [1.54, 1.807) is 6.07 Å². The molecule has 1 atom stereocenters. The summed E-state index contributed by atoms with van der Waals surface area (Å²) < 4.78 is 5.46. The van der Waals surface area contributed by atoms with Crippen LogP contribution in [0.1, 0.15) is 11.6 Å². The number of aromatic nitrogens is 2. The van der Waals surface area contributed by atoms with Gasteiger partial charge in [0.2, 0.25) is 0 Å². The average molecular weight is 292 g/mol. The topological polar surface area (TPSA) is 67.0 Å². The van der Waals surface area contributed by atoms with Gasteiger partial charge in [-0.2, -0.15) is 0 Å². The van der Waals surface area contributed by atoms with Gasteiger partial charge in [-0.15, -0.1) is 0 Å². The first-order valence-electron chi connectivity index (χ1n) is 6.39. The maximum atomic E-state index is 11.4. The lowest BCUT2D eigenvalue weighted by atomic mass is 10.0. The molecule has 0 aliphatic carbocycles. The number of hydrogen-bond acceptors (Lipinski definition) is 4. The van der Waals surface area contributed by atoms with Crippen molar-refractivity contribution >= 4 is 11.6 Å². The standard InChI is InChI=1S/C14H14ClN3O2/c15-11-4-9(12-6-14(19)18-8-17-12)3-10(5-11)13-7-20-2-1-16-13/h3-6,8,13,16H,1-2,7H2,(H,17,18,19). The molecule has 0 radical (unpaired) electrons. The molecule has 0 amide bonds. The second kappa shape index (κ2) is 5.75. The fourth-order valence-electron chi connectivity index (χ4n) is 2.27. The van der Waals surface area contributed by atoms with Crippen LogP contribution in [-0.4, -0.2) is 29.7 Å². The Morgan fingerprint density at radius 3 is 2.95 bits per heavy atom. The van der Waals surface area contributed by atoms with Crippen LogP contribution < -0.4 is 10.9 Å². The summed E-state index contributed by atoms with van der Waals surface area (Å²) in [6.07, 6.45) is 1.39. The van der Waals surface area contributed by atoms with E-state index in [-0.39, 0.29) is 11.6 Å². The SMILES string of the molecule is O=c1cc(-c2cc(Cl)cc(C3COCCN3)c2)nc[nH]1. The van der Waals surface area contributed by atoms with E-state index in [9.17, 15) is 4.79 Å². The second-order valence-electron chi connectivity index (χ2n) is 4.65. The lowest BCUT2D eigenvalue weighted by Gasteiger charge is -2.24. The van der Waals surface area contributed by atoms with E-state index in [1.807, 2.05) is 12.1 Å². The molecule has 3 rings (SSSR count). The van der Waals surface area contributed by atoms with Crippen LogP contribution in [0.25, 0.3) is 11.3 Å². The summed E-state index contributed by atoms with van der Waals surface area (Å²) in [4.78, 5) is 18.0. The smallest absolute Gasteiger partial charge is 0.251 e. The van der Waals surface area contributed by atoms with Crippen molar-refractivity contribution < 1.29 is 4.74 Å².